The summed E-state index contributed by atoms with van der Waals surface area (Å²) in [7, 11) is 1.64. The molecular weight excluding hydrogens is 434 g/mol. The number of ether oxygens (including phenoxy) is 1. The normalized spacial score (nSPS) is 14.1. The van der Waals surface area contributed by atoms with E-state index in [-0.39, 0.29) is 12.5 Å². The van der Waals surface area contributed by atoms with Crippen molar-refractivity contribution in [1.29, 1.82) is 0 Å². The molecule has 2 aromatic rings. The van der Waals surface area contributed by atoms with E-state index in [0.717, 1.165) is 10.5 Å². The standard InChI is InChI=1S/C26H31N3O5/c1-16(2)21(29-23(31)19-12-7-8-13-20(19)24(29)32)22(30)27-18-11-9-10-17(14-18)15-28(6)25(33)34-26(3,4)5/h7-14,16,21H,15H2,1-6H3,(H,27,30). The third-order valence-corrected chi connectivity index (χ3v) is 5.32. The summed E-state index contributed by atoms with van der Waals surface area (Å²) in [6.45, 7) is 9.27. The van der Waals surface area contributed by atoms with Crippen LogP contribution in [0.1, 0.15) is 60.9 Å². The Bertz CT molecular complexity index is 1080. The van der Waals surface area contributed by atoms with Gasteiger partial charge in [0, 0.05) is 19.3 Å². The van der Waals surface area contributed by atoms with Crippen LogP contribution in [0.25, 0.3) is 0 Å². The monoisotopic (exact) mass is 465 g/mol. The van der Waals surface area contributed by atoms with Gasteiger partial charge in [0.25, 0.3) is 11.8 Å². The van der Waals surface area contributed by atoms with E-state index >= 15 is 0 Å². The highest BCUT2D eigenvalue weighted by Gasteiger charge is 2.43. The average Bonchev–Trinajstić information content (AvgIpc) is 2.98. The van der Waals surface area contributed by atoms with Gasteiger partial charge >= 0.3 is 6.09 Å². The Hall–Kier alpha value is -3.68. The van der Waals surface area contributed by atoms with E-state index in [4.69, 9.17) is 4.74 Å². The van der Waals surface area contributed by atoms with Gasteiger partial charge in [-0.3, -0.25) is 19.3 Å². The highest BCUT2D eigenvalue weighted by molar-refractivity contribution is 6.23. The van der Waals surface area contributed by atoms with Gasteiger partial charge in [-0.05, 0) is 56.5 Å². The minimum atomic E-state index is -0.972. The Balaban J connectivity index is 1.75. The lowest BCUT2D eigenvalue weighted by Crippen LogP contribution is -2.50. The number of rotatable bonds is 6. The van der Waals surface area contributed by atoms with Crippen LogP contribution in [0.5, 0.6) is 0 Å². The van der Waals surface area contributed by atoms with Crippen LogP contribution in [0.15, 0.2) is 48.5 Å². The second-order valence-corrected chi connectivity index (χ2v) is 9.74. The number of imide groups is 1. The number of benzene rings is 2. The zero-order chi connectivity index (χ0) is 25.2. The number of hydrogen-bond acceptors (Lipinski definition) is 5. The number of carbonyl (C=O) groups excluding carboxylic acids is 4. The number of nitrogens with zero attached hydrogens (tertiary/aromatic N) is 2. The molecule has 34 heavy (non-hydrogen) atoms. The van der Waals surface area contributed by atoms with Gasteiger partial charge in [-0.25, -0.2) is 4.79 Å². The molecule has 3 rings (SSSR count). The van der Waals surface area contributed by atoms with Crippen LogP contribution in [0.2, 0.25) is 0 Å². The third-order valence-electron chi connectivity index (χ3n) is 5.32. The van der Waals surface area contributed by atoms with Gasteiger partial charge in [-0.1, -0.05) is 38.1 Å². The predicted octanol–water partition coefficient (Wildman–Crippen LogP) is 4.31. The topological polar surface area (TPSA) is 96.0 Å². The summed E-state index contributed by atoms with van der Waals surface area (Å²) < 4.78 is 5.38. The number of hydrogen-bond donors (Lipinski definition) is 1. The van der Waals surface area contributed by atoms with Crippen molar-refractivity contribution in [2.45, 2.75) is 52.8 Å². The van der Waals surface area contributed by atoms with Gasteiger partial charge in [-0.2, -0.15) is 0 Å². The van der Waals surface area contributed by atoms with Crippen molar-refractivity contribution < 1.29 is 23.9 Å². The molecule has 1 unspecified atom stereocenters. The first kappa shape index (κ1) is 25.0. The number of anilines is 1. The van der Waals surface area contributed by atoms with Crippen molar-refractivity contribution >= 4 is 29.5 Å². The van der Waals surface area contributed by atoms with Crippen LogP contribution in [0.4, 0.5) is 10.5 Å². The molecule has 1 aliphatic heterocycles. The largest absolute Gasteiger partial charge is 0.444 e. The van der Waals surface area contributed by atoms with Crippen molar-refractivity contribution in [2.24, 2.45) is 5.92 Å². The maximum Gasteiger partial charge on any atom is 0.410 e. The molecule has 1 N–H and O–H groups in total. The van der Waals surface area contributed by atoms with Crippen molar-refractivity contribution in [3.63, 3.8) is 0 Å². The van der Waals surface area contributed by atoms with Gasteiger partial charge in [0.05, 0.1) is 11.1 Å². The molecule has 0 radical (unpaired) electrons. The molecule has 8 nitrogen and oxygen atoms in total. The molecule has 2 aromatic carbocycles. The van der Waals surface area contributed by atoms with Crippen LogP contribution in [0, 0.1) is 5.92 Å². The lowest BCUT2D eigenvalue weighted by atomic mass is 10.0. The molecule has 180 valence electrons. The van der Waals surface area contributed by atoms with Gasteiger partial charge in [0.15, 0.2) is 0 Å². The van der Waals surface area contributed by atoms with Gasteiger partial charge in [0.2, 0.25) is 5.91 Å². The summed E-state index contributed by atoms with van der Waals surface area (Å²) >= 11 is 0. The number of fused-ring (bicyclic) bond motifs is 1. The predicted molar refractivity (Wildman–Crippen MR) is 128 cm³/mol. The number of carbonyl (C=O) groups is 4. The lowest BCUT2D eigenvalue weighted by molar-refractivity contribution is -0.121. The molecule has 0 saturated heterocycles. The van der Waals surface area contributed by atoms with Crippen LogP contribution in [0.3, 0.4) is 0 Å². The Morgan fingerprint density at radius 3 is 2.12 bits per heavy atom. The fourth-order valence-corrected chi connectivity index (χ4v) is 3.82. The molecule has 0 bridgehead atoms. The highest BCUT2D eigenvalue weighted by Crippen LogP contribution is 2.28. The minimum absolute atomic E-state index is 0.282. The van der Waals surface area contributed by atoms with E-state index in [1.807, 2.05) is 6.07 Å². The quantitative estimate of drug-likeness (QED) is 0.641. The first-order valence-electron chi connectivity index (χ1n) is 11.2. The van der Waals surface area contributed by atoms with Crippen molar-refractivity contribution in [3.05, 3.63) is 65.2 Å². The molecule has 0 aromatic heterocycles. The Kier molecular flexibility index (Phi) is 7.09. The Morgan fingerprint density at radius 1 is 1.00 bits per heavy atom. The Morgan fingerprint density at radius 2 is 1.59 bits per heavy atom. The van der Waals surface area contributed by atoms with Gasteiger partial charge in [0.1, 0.15) is 11.6 Å². The van der Waals surface area contributed by atoms with Crippen LogP contribution in [-0.4, -0.2) is 52.3 Å². The molecule has 0 fully saturated rings. The van der Waals surface area contributed by atoms with E-state index < -0.39 is 35.5 Å². The molecular formula is C26H31N3O5. The first-order valence-corrected chi connectivity index (χ1v) is 11.2. The number of nitrogens with one attached hydrogen (secondary N) is 1. The molecule has 1 atom stereocenters. The van der Waals surface area contributed by atoms with E-state index in [1.54, 1.807) is 84.1 Å². The molecule has 4 amide bonds. The minimum Gasteiger partial charge on any atom is -0.444 e. The molecule has 0 spiro atoms. The maximum absolute atomic E-state index is 13.2. The smallest absolute Gasteiger partial charge is 0.410 e. The first-order chi connectivity index (χ1) is 15.9. The van der Waals surface area contributed by atoms with Crippen LogP contribution in [-0.2, 0) is 16.1 Å². The molecule has 1 aliphatic rings. The fourth-order valence-electron chi connectivity index (χ4n) is 3.82. The fraction of sp³-hybridized carbons (Fsp3) is 0.385. The summed E-state index contributed by atoms with van der Waals surface area (Å²) in [4.78, 5) is 53.8. The summed E-state index contributed by atoms with van der Waals surface area (Å²) in [6.07, 6.45) is -0.451. The molecule has 0 saturated carbocycles. The molecule has 0 aliphatic carbocycles. The van der Waals surface area contributed by atoms with Crippen molar-refractivity contribution in [1.82, 2.24) is 9.80 Å². The van der Waals surface area contributed by atoms with Gasteiger partial charge < -0.3 is 15.0 Å². The molecule has 1 heterocycles. The zero-order valence-electron chi connectivity index (χ0n) is 20.4. The second-order valence-electron chi connectivity index (χ2n) is 9.74. The highest BCUT2D eigenvalue weighted by atomic mass is 16.6. The Labute approximate surface area is 199 Å². The summed E-state index contributed by atoms with van der Waals surface area (Å²) in [5.74, 6) is -1.70. The van der Waals surface area contributed by atoms with Crippen molar-refractivity contribution in [3.8, 4) is 0 Å². The lowest BCUT2D eigenvalue weighted by Gasteiger charge is -2.28. The SMILES string of the molecule is CC(C)C(C(=O)Nc1cccc(CN(C)C(=O)OC(C)(C)C)c1)N1C(=O)c2ccccc2C1=O. The maximum atomic E-state index is 13.2. The zero-order valence-corrected chi connectivity index (χ0v) is 20.4. The number of amides is 4. The van der Waals surface area contributed by atoms with Crippen LogP contribution < -0.4 is 5.32 Å². The average molecular weight is 466 g/mol. The summed E-state index contributed by atoms with van der Waals surface area (Å²) in [6, 6.07) is 12.7. The second kappa shape index (κ2) is 9.67. The van der Waals surface area contributed by atoms with E-state index in [1.165, 1.54) is 4.90 Å². The van der Waals surface area contributed by atoms with E-state index in [0.29, 0.717) is 16.8 Å². The third kappa shape index (κ3) is 5.44. The summed E-state index contributed by atoms with van der Waals surface area (Å²) in [5.41, 5.74) is 1.29. The van der Waals surface area contributed by atoms with Gasteiger partial charge in [-0.15, -0.1) is 0 Å². The van der Waals surface area contributed by atoms with Crippen LogP contribution >= 0.6 is 0 Å². The van der Waals surface area contributed by atoms with Crippen molar-refractivity contribution in [2.75, 3.05) is 12.4 Å². The molecule has 8 heteroatoms. The van der Waals surface area contributed by atoms with E-state index in [9.17, 15) is 19.2 Å². The van der Waals surface area contributed by atoms with E-state index in [2.05, 4.69) is 5.32 Å². The summed E-state index contributed by atoms with van der Waals surface area (Å²) in [5, 5.41) is 2.83.